The van der Waals surface area contributed by atoms with E-state index in [1.54, 1.807) is 6.92 Å². The standard InChI is InChI=1S/2C13H13S.C13H12.C12H10I.C6H13OS.C3H8.8C2H6.CH4/c2*1-14(12-8-4-2-5-9-12)13-10-6-3-7-11-13;1-3-7-12(8-4-1)11-13-9-5-2-6-10-13;1-3-7-11(8-4-1)13-12-9-5-2-6-10-12;1-5(7)6(2)8(3)4;1-3-2;8*1-2;/h2*2-11H,1H3;1-10H,11H2;1-10H;6H,1-4H3;3H2,1-2H3;8*1-2H3;1H4/q2*+1;;2*+1;;;;;;;;;;. The average molecular weight is 1290 g/mol. The highest BCUT2D eigenvalue weighted by Crippen LogP contribution is 2.21. The third kappa shape index (κ3) is 49.8. The van der Waals surface area contributed by atoms with E-state index < -0.39 is 0 Å². The smallest absolute Gasteiger partial charge is 0.294 e. The first-order valence-corrected chi connectivity index (χ1v) is 37.6. The Bertz CT molecular complexity index is 2020. The molecule has 0 bridgehead atoms. The van der Waals surface area contributed by atoms with Crippen molar-refractivity contribution < 1.29 is 26.0 Å². The van der Waals surface area contributed by atoms with Gasteiger partial charge in [-0.05, 0) is 115 Å². The second kappa shape index (κ2) is 72.3. The number of benzene rings is 8. The number of hydrogen-bond acceptors (Lipinski definition) is 1. The van der Waals surface area contributed by atoms with E-state index in [0.717, 1.165) is 6.42 Å². The minimum atomic E-state index is 0. The summed E-state index contributed by atoms with van der Waals surface area (Å²) in [4.78, 5) is 16.2. The summed E-state index contributed by atoms with van der Waals surface area (Å²) in [6, 6.07) is 85.0. The minimum absolute atomic E-state index is 0. The Morgan fingerprint density at radius 2 is 0.512 bits per heavy atom. The minimum Gasteiger partial charge on any atom is -0.294 e. The molecule has 1 nitrogen and oxygen atoms in total. The first-order valence-electron chi connectivity index (χ1n) is 30.0. The van der Waals surface area contributed by atoms with E-state index in [-0.39, 0.29) is 66.6 Å². The lowest BCUT2D eigenvalue weighted by molar-refractivity contribution is -0.597. The molecule has 5 heteroatoms. The molecule has 8 aromatic carbocycles. The van der Waals surface area contributed by atoms with E-state index in [1.165, 1.54) is 44.3 Å². The molecular weight excluding hydrogens is 1160 g/mol. The van der Waals surface area contributed by atoms with Gasteiger partial charge >= 0.3 is 21.2 Å². The largest absolute Gasteiger partial charge is 0.357 e. The van der Waals surface area contributed by atoms with Crippen molar-refractivity contribution in [1.82, 2.24) is 0 Å². The quantitative estimate of drug-likeness (QED) is 0.0985. The first kappa shape index (κ1) is 91.0. The van der Waals surface area contributed by atoms with Gasteiger partial charge in [0, 0.05) is 0 Å². The molecule has 0 aromatic heterocycles. The molecule has 0 aliphatic carbocycles. The molecule has 82 heavy (non-hydrogen) atoms. The number of carbonyl (C=O) groups is 1. The zero-order valence-electron chi connectivity index (χ0n) is 55.6. The van der Waals surface area contributed by atoms with Crippen LogP contribution in [0.5, 0.6) is 0 Å². The molecule has 0 radical (unpaired) electrons. The number of hydrogen-bond donors (Lipinski definition) is 0. The van der Waals surface area contributed by atoms with Gasteiger partial charge in [0.2, 0.25) is 0 Å². The summed E-state index contributed by atoms with van der Waals surface area (Å²) < 4.78 is 2.96. The summed E-state index contributed by atoms with van der Waals surface area (Å²) in [6.45, 7) is 39.9. The topological polar surface area (TPSA) is 17.1 Å². The van der Waals surface area contributed by atoms with Crippen molar-refractivity contribution >= 4 is 38.5 Å². The Morgan fingerprint density at radius 1 is 0.341 bits per heavy atom. The Hall–Kier alpha value is -4.79. The summed E-state index contributed by atoms with van der Waals surface area (Å²) in [5.74, 6) is 0.304. The predicted octanol–water partition coefficient (Wildman–Crippen LogP) is 20.9. The molecule has 1 unspecified atom stereocenters. The zero-order valence-corrected chi connectivity index (χ0v) is 60.2. The first-order chi connectivity index (χ1) is 39.6. The SMILES string of the molecule is C.CC.CC.CC.CC.CC.CC.CC.CC.CC(=O)C(C)[S+](C)C.CCC.C[S+](c1ccccc1)c1ccccc1.C[S+](c1ccccc1)c1ccccc1.c1ccc(Cc2ccccc2)cc1.c1ccc([I+]c2ccccc2)cc1. The number of ketones is 1. The van der Waals surface area contributed by atoms with Crippen LogP contribution in [-0.4, -0.2) is 36.1 Å². The molecular formula is C77H121IOS3+4. The fraction of sp³-hybridized carbons (Fsp3) is 0.364. The van der Waals surface area contributed by atoms with Gasteiger partial charge in [-0.1, -0.05) is 308 Å². The van der Waals surface area contributed by atoms with Gasteiger partial charge in [-0.2, -0.15) is 0 Å². The van der Waals surface area contributed by atoms with Gasteiger partial charge in [-0.25, -0.2) is 0 Å². The van der Waals surface area contributed by atoms with Gasteiger partial charge in [0.1, 0.15) is 12.5 Å². The molecule has 0 spiro atoms. The summed E-state index contributed by atoms with van der Waals surface area (Å²) in [5, 5.41) is 0.259. The molecule has 0 aliphatic heterocycles. The van der Waals surface area contributed by atoms with Crippen molar-refractivity contribution in [2.75, 3.05) is 25.0 Å². The van der Waals surface area contributed by atoms with Crippen LogP contribution in [0, 0.1) is 7.14 Å². The number of rotatable bonds is 10. The number of carbonyl (C=O) groups excluding carboxylic acids is 1. The van der Waals surface area contributed by atoms with E-state index >= 15 is 0 Å². The molecule has 0 saturated heterocycles. The maximum absolute atomic E-state index is 10.6. The molecule has 0 fully saturated rings. The molecule has 8 aromatic rings. The van der Waals surface area contributed by atoms with Crippen LogP contribution in [0.1, 0.15) is 163 Å². The van der Waals surface area contributed by atoms with Crippen LogP contribution in [0.25, 0.3) is 0 Å². The molecule has 1 atom stereocenters. The molecule has 0 amide bonds. The van der Waals surface area contributed by atoms with E-state index in [9.17, 15) is 4.79 Å². The zero-order chi connectivity index (χ0) is 62.9. The molecule has 0 heterocycles. The lowest BCUT2D eigenvalue weighted by Crippen LogP contribution is -3.61. The molecule has 0 aliphatic rings. The van der Waals surface area contributed by atoms with E-state index in [1.807, 2.05) is 118 Å². The molecule has 0 N–H and O–H groups in total. The van der Waals surface area contributed by atoms with Crippen LogP contribution in [0.15, 0.2) is 262 Å². The van der Waals surface area contributed by atoms with E-state index in [0.29, 0.717) is 5.78 Å². The Labute approximate surface area is 529 Å². The summed E-state index contributed by atoms with van der Waals surface area (Å²) >= 11 is 0.0287. The van der Waals surface area contributed by atoms with Crippen molar-refractivity contribution in [2.24, 2.45) is 0 Å². The van der Waals surface area contributed by atoms with Gasteiger partial charge in [0.05, 0.1) is 34.3 Å². The average Bonchev–Trinajstić information content (AvgIpc) is 3.58. The van der Waals surface area contributed by atoms with Gasteiger partial charge < -0.3 is 0 Å². The third-order valence-corrected chi connectivity index (χ3v) is 17.8. The van der Waals surface area contributed by atoms with Crippen LogP contribution in [-0.2, 0) is 43.9 Å². The van der Waals surface area contributed by atoms with Crippen LogP contribution in [0.4, 0.5) is 0 Å². The third-order valence-electron chi connectivity index (χ3n) is 9.44. The highest BCUT2D eigenvalue weighted by Gasteiger charge is 2.20. The van der Waals surface area contributed by atoms with Crippen LogP contribution in [0.2, 0.25) is 0 Å². The fourth-order valence-corrected chi connectivity index (χ4v) is 11.3. The van der Waals surface area contributed by atoms with E-state index in [2.05, 4.69) is 282 Å². The van der Waals surface area contributed by atoms with Gasteiger partial charge in [-0.3, -0.25) is 4.79 Å². The summed E-state index contributed by atoms with van der Waals surface area (Å²) in [6.07, 6.45) is 11.0. The van der Waals surface area contributed by atoms with Gasteiger partial charge in [0.25, 0.3) is 0 Å². The van der Waals surface area contributed by atoms with Crippen LogP contribution >= 0.6 is 0 Å². The molecule has 0 saturated carbocycles. The fourth-order valence-electron chi connectivity index (χ4n) is 5.61. The highest BCUT2D eigenvalue weighted by molar-refractivity contribution is 7.97. The van der Waals surface area contributed by atoms with E-state index in [4.69, 9.17) is 0 Å². The lowest BCUT2D eigenvalue weighted by Gasteiger charge is -2.00. The second-order valence-electron chi connectivity index (χ2n) is 14.9. The monoisotopic (exact) mass is 1280 g/mol. The van der Waals surface area contributed by atoms with Crippen LogP contribution in [0.3, 0.4) is 0 Å². The Kier molecular flexibility index (Phi) is 80.2. The number of halogens is 1. The van der Waals surface area contributed by atoms with Crippen molar-refractivity contribution in [1.29, 1.82) is 0 Å². The maximum atomic E-state index is 10.6. The van der Waals surface area contributed by atoms with Gasteiger partial charge in [0.15, 0.2) is 37.8 Å². The van der Waals surface area contributed by atoms with Crippen molar-refractivity contribution in [2.45, 2.75) is 184 Å². The van der Waals surface area contributed by atoms with Crippen molar-refractivity contribution in [3.63, 3.8) is 0 Å². The second-order valence-corrected chi connectivity index (χ2v) is 24.4. The van der Waals surface area contributed by atoms with Crippen LogP contribution < -0.4 is 21.2 Å². The number of Topliss-reactive ketones (excluding diaryl/α,β-unsaturated/α-hetero) is 1. The molecule has 8 rings (SSSR count). The predicted molar refractivity (Wildman–Crippen MR) is 384 cm³/mol. The molecule has 456 valence electrons. The summed E-state index contributed by atoms with van der Waals surface area (Å²) in [7, 11) is 0.666. The van der Waals surface area contributed by atoms with Gasteiger partial charge in [-0.15, -0.1) is 0 Å². The van der Waals surface area contributed by atoms with Crippen molar-refractivity contribution in [3.05, 3.63) is 261 Å². The van der Waals surface area contributed by atoms with Crippen molar-refractivity contribution in [3.8, 4) is 0 Å². The highest BCUT2D eigenvalue weighted by atomic mass is 127. The lowest BCUT2D eigenvalue weighted by atomic mass is 10.1. The Balaban J connectivity index is -0.000000160. The Morgan fingerprint density at radius 3 is 0.671 bits per heavy atom. The normalized spacial score (nSPS) is 8.87. The maximum Gasteiger partial charge on any atom is 0.357 e. The summed E-state index contributed by atoms with van der Waals surface area (Å²) in [5.41, 5.74) is 2.74.